The van der Waals surface area contributed by atoms with Crippen molar-refractivity contribution in [2.45, 2.75) is 31.0 Å². The van der Waals surface area contributed by atoms with E-state index in [2.05, 4.69) is 11.8 Å². The number of rotatable bonds is 3. The number of ether oxygens (including phenoxy) is 3. The summed E-state index contributed by atoms with van der Waals surface area (Å²) in [5.41, 5.74) is 0.420. The molecule has 0 N–H and O–H groups in total. The second-order valence-electron chi connectivity index (χ2n) is 6.01. The third kappa shape index (κ3) is 3.31. The van der Waals surface area contributed by atoms with Crippen LogP contribution in [-0.4, -0.2) is 44.7 Å². The maximum atomic E-state index is 13.9. The zero-order valence-corrected chi connectivity index (χ0v) is 13.7. The van der Waals surface area contributed by atoms with Crippen molar-refractivity contribution in [3.8, 4) is 11.8 Å². The van der Waals surface area contributed by atoms with Crippen LogP contribution in [0.3, 0.4) is 0 Å². The fourth-order valence-corrected chi connectivity index (χ4v) is 3.34. The van der Waals surface area contributed by atoms with Gasteiger partial charge in [-0.3, -0.25) is 0 Å². The van der Waals surface area contributed by atoms with E-state index < -0.39 is 48.2 Å². The van der Waals surface area contributed by atoms with Gasteiger partial charge in [0.2, 0.25) is 0 Å². The highest BCUT2D eigenvalue weighted by atomic mass is 19.2. The average Bonchev–Trinajstić information content (AvgIpc) is 2.73. The Hall–Kier alpha value is -2.20. The van der Waals surface area contributed by atoms with Gasteiger partial charge in [-0.2, -0.15) is 0 Å². The van der Waals surface area contributed by atoms with Crippen molar-refractivity contribution in [1.82, 2.24) is 0 Å². The van der Waals surface area contributed by atoms with Gasteiger partial charge in [-0.05, 0) is 17.7 Å². The molecule has 134 valence electrons. The summed E-state index contributed by atoms with van der Waals surface area (Å²) in [5, 5.41) is 0. The third-order valence-corrected chi connectivity index (χ3v) is 4.56. The molecule has 1 heterocycles. The summed E-state index contributed by atoms with van der Waals surface area (Å²) >= 11 is 0. The van der Waals surface area contributed by atoms with Gasteiger partial charge in [0.15, 0.2) is 12.3 Å². The molecule has 0 saturated heterocycles. The highest BCUT2D eigenvalue weighted by molar-refractivity contribution is 5.84. The predicted molar refractivity (Wildman–Crippen MR) is 82.2 cm³/mol. The molecule has 25 heavy (non-hydrogen) atoms. The highest BCUT2D eigenvalue weighted by Crippen LogP contribution is 2.40. The van der Waals surface area contributed by atoms with Crippen LogP contribution in [0, 0.1) is 23.7 Å². The van der Waals surface area contributed by atoms with Crippen LogP contribution in [0.2, 0.25) is 0 Å². The van der Waals surface area contributed by atoms with Gasteiger partial charge < -0.3 is 14.2 Å². The molecule has 0 amide bonds. The van der Waals surface area contributed by atoms with Crippen molar-refractivity contribution in [1.29, 1.82) is 0 Å². The summed E-state index contributed by atoms with van der Waals surface area (Å²) < 4.78 is 56.9. The molecule has 0 radical (unpaired) electrons. The van der Waals surface area contributed by atoms with Crippen LogP contribution < -0.4 is 0 Å². The smallest absolute Gasteiger partial charge is 0.331 e. The first-order valence-electron chi connectivity index (χ1n) is 7.80. The van der Waals surface area contributed by atoms with Crippen molar-refractivity contribution in [2.75, 3.05) is 14.2 Å². The van der Waals surface area contributed by atoms with Crippen LogP contribution >= 0.6 is 0 Å². The Morgan fingerprint density at radius 2 is 2.00 bits per heavy atom. The molecule has 4 nitrogen and oxygen atoms in total. The molecule has 1 aliphatic heterocycles. The number of methoxy groups -OCH3 is 2. The van der Waals surface area contributed by atoms with Crippen molar-refractivity contribution >= 4 is 5.97 Å². The number of carbonyl (C=O) groups excluding carboxylic acids is 1. The second kappa shape index (κ2) is 6.96. The molecular weight excluding hydrogens is 337 g/mol. The lowest BCUT2D eigenvalue weighted by Gasteiger charge is -2.40. The van der Waals surface area contributed by atoms with Gasteiger partial charge in [-0.15, -0.1) is 0 Å². The van der Waals surface area contributed by atoms with Crippen molar-refractivity contribution in [3.63, 3.8) is 0 Å². The molecule has 2 aliphatic carbocycles. The van der Waals surface area contributed by atoms with Crippen LogP contribution in [-0.2, 0) is 19.0 Å². The van der Waals surface area contributed by atoms with Gasteiger partial charge in [0, 0.05) is 25.5 Å². The molecule has 0 aromatic heterocycles. The number of halogens is 3. The number of fused-ring (bicyclic) bond motifs is 1. The Bertz CT molecular complexity index is 716. The zero-order valence-electron chi connectivity index (χ0n) is 13.7. The first-order chi connectivity index (χ1) is 11.9. The van der Waals surface area contributed by atoms with Crippen molar-refractivity contribution in [2.24, 2.45) is 11.8 Å². The third-order valence-electron chi connectivity index (χ3n) is 4.56. The molecule has 3 rings (SSSR count). The molecule has 7 heteroatoms. The zero-order chi connectivity index (χ0) is 18.1. The number of allylic oxidation sites excluding steroid dienone is 2. The number of hydrogen-bond acceptors (Lipinski definition) is 4. The Kier molecular flexibility index (Phi) is 4.91. The standard InChI is InChI=1S/C18H17F3O4/c1-23-10-6-14(24-2)17-11(8-16(22)25-15(17)7-10)9-3-4-12(19)18(21)13(20)5-9/h5-6,8-9,12,14-15,17-18H,7H2,1-2H3. The largest absolute Gasteiger partial charge is 0.501 e. The minimum atomic E-state index is -2.42. The van der Waals surface area contributed by atoms with Gasteiger partial charge in [0.25, 0.3) is 0 Å². The lowest BCUT2D eigenvalue weighted by Crippen LogP contribution is -2.44. The lowest BCUT2D eigenvalue weighted by molar-refractivity contribution is -0.150. The van der Waals surface area contributed by atoms with Gasteiger partial charge in [-0.1, -0.05) is 11.8 Å². The Balaban J connectivity index is 2.02. The highest BCUT2D eigenvalue weighted by Gasteiger charge is 2.44. The summed E-state index contributed by atoms with van der Waals surface area (Å²) in [5.74, 6) is 1.96. The Morgan fingerprint density at radius 1 is 1.24 bits per heavy atom. The lowest BCUT2D eigenvalue weighted by atomic mass is 9.75. The van der Waals surface area contributed by atoms with E-state index >= 15 is 0 Å². The van der Waals surface area contributed by atoms with Crippen molar-refractivity contribution < 1.29 is 32.2 Å². The molecule has 3 aliphatic rings. The van der Waals surface area contributed by atoms with E-state index in [-0.39, 0.29) is 0 Å². The molecular formula is C18H17F3O4. The summed E-state index contributed by atoms with van der Waals surface area (Å²) in [4.78, 5) is 11.9. The van der Waals surface area contributed by atoms with E-state index in [4.69, 9.17) is 14.2 Å². The molecule has 6 atom stereocenters. The molecule has 0 spiro atoms. The number of alkyl halides is 2. The summed E-state index contributed by atoms with van der Waals surface area (Å²) in [6, 6.07) is 0. The summed E-state index contributed by atoms with van der Waals surface area (Å²) in [6.45, 7) is 0. The molecule has 0 aromatic rings. The Morgan fingerprint density at radius 3 is 2.68 bits per heavy atom. The van der Waals surface area contributed by atoms with Gasteiger partial charge in [-0.25, -0.2) is 18.0 Å². The second-order valence-corrected chi connectivity index (χ2v) is 6.01. The quantitative estimate of drug-likeness (QED) is 0.577. The number of esters is 1. The summed E-state index contributed by atoms with van der Waals surface area (Å²) in [7, 11) is 2.98. The van der Waals surface area contributed by atoms with E-state index in [1.807, 2.05) is 0 Å². The minimum absolute atomic E-state index is 0.327. The summed E-state index contributed by atoms with van der Waals surface area (Å²) in [6.07, 6.45) is -1.55. The molecule has 0 aromatic carbocycles. The maximum Gasteiger partial charge on any atom is 0.331 e. The van der Waals surface area contributed by atoms with Gasteiger partial charge >= 0.3 is 5.97 Å². The van der Waals surface area contributed by atoms with E-state index in [1.165, 1.54) is 20.3 Å². The van der Waals surface area contributed by atoms with Crippen LogP contribution in [0.4, 0.5) is 13.2 Å². The monoisotopic (exact) mass is 354 g/mol. The van der Waals surface area contributed by atoms with E-state index in [0.717, 1.165) is 6.08 Å². The van der Waals surface area contributed by atoms with Crippen LogP contribution in [0.5, 0.6) is 0 Å². The SMILES string of the molecule is COC1=CC(OC)C2C(C3C#CC(F)C(F)C(F)=C3)=CC(=O)OC2C1. The molecule has 0 saturated carbocycles. The maximum absolute atomic E-state index is 13.9. The van der Waals surface area contributed by atoms with E-state index in [9.17, 15) is 18.0 Å². The number of carbonyl (C=O) groups is 1. The fraction of sp³-hybridized carbons (Fsp3) is 0.500. The molecule has 0 fully saturated rings. The number of hydrogen-bond donors (Lipinski definition) is 0. The predicted octanol–water partition coefficient (Wildman–Crippen LogP) is 2.57. The van der Waals surface area contributed by atoms with Gasteiger partial charge in [0.05, 0.1) is 24.9 Å². The van der Waals surface area contributed by atoms with Crippen molar-refractivity contribution in [3.05, 3.63) is 35.4 Å². The fourth-order valence-electron chi connectivity index (χ4n) is 3.34. The van der Waals surface area contributed by atoms with Crippen LogP contribution in [0.1, 0.15) is 6.42 Å². The molecule has 0 bridgehead atoms. The van der Waals surface area contributed by atoms with E-state index in [1.54, 1.807) is 6.08 Å². The topological polar surface area (TPSA) is 44.8 Å². The molecule has 6 unspecified atom stereocenters. The van der Waals surface area contributed by atoms with Gasteiger partial charge in [0.1, 0.15) is 11.9 Å². The minimum Gasteiger partial charge on any atom is -0.501 e. The Labute approximate surface area is 143 Å². The van der Waals surface area contributed by atoms with Crippen LogP contribution in [0.25, 0.3) is 0 Å². The van der Waals surface area contributed by atoms with E-state index in [0.29, 0.717) is 17.8 Å². The average molecular weight is 354 g/mol. The first-order valence-corrected chi connectivity index (χ1v) is 7.80. The first kappa shape index (κ1) is 17.6. The normalized spacial score (nSPS) is 37.3. The van der Waals surface area contributed by atoms with Crippen LogP contribution in [0.15, 0.2) is 35.4 Å².